The number of para-hydroxylation sites is 1. The van der Waals surface area contributed by atoms with Crippen LogP contribution >= 0.6 is 0 Å². The Kier molecular flexibility index (Phi) is 9.89. The number of hydrogen-bond donors (Lipinski definition) is 1. The lowest BCUT2D eigenvalue weighted by Crippen LogP contribution is -2.42. The summed E-state index contributed by atoms with van der Waals surface area (Å²) in [4.78, 5) is 49.3. The number of esters is 1. The summed E-state index contributed by atoms with van der Waals surface area (Å²) in [7, 11) is 0. The van der Waals surface area contributed by atoms with Crippen molar-refractivity contribution in [3.8, 4) is 22.5 Å². The van der Waals surface area contributed by atoms with Crippen molar-refractivity contribution in [2.45, 2.75) is 52.7 Å². The summed E-state index contributed by atoms with van der Waals surface area (Å²) in [6, 6.07) is 19.0. The molecule has 1 aliphatic heterocycles. The number of carbonyl (C=O) groups is 3. The van der Waals surface area contributed by atoms with E-state index in [-0.39, 0.29) is 36.4 Å². The largest absolute Gasteiger partial charge is 0.462 e. The molecule has 12 heteroatoms. The van der Waals surface area contributed by atoms with Crippen LogP contribution in [0, 0.1) is 18.7 Å². The highest BCUT2D eigenvalue weighted by Crippen LogP contribution is 2.34. The van der Waals surface area contributed by atoms with Crippen molar-refractivity contribution in [3.63, 3.8) is 0 Å². The van der Waals surface area contributed by atoms with E-state index in [1.807, 2.05) is 76.2 Å². The molecule has 0 radical (unpaired) electrons. The first-order valence-electron chi connectivity index (χ1n) is 16.5. The number of piperidine rings is 1. The van der Waals surface area contributed by atoms with Gasteiger partial charge in [-0.15, -0.1) is 0 Å². The van der Waals surface area contributed by atoms with Gasteiger partial charge in [0, 0.05) is 47.8 Å². The fourth-order valence-corrected chi connectivity index (χ4v) is 5.91. The Hall–Kier alpha value is -5.65. The lowest BCUT2D eigenvalue weighted by molar-refractivity contribution is -0.116. The van der Waals surface area contributed by atoms with Crippen LogP contribution in [0.5, 0.6) is 0 Å². The van der Waals surface area contributed by atoms with Gasteiger partial charge in [0.25, 0.3) is 0 Å². The SMILES string of the molecule is Cc1cccc(-c2nn(CC(=O)Nc3cc(F)cc(C(=O)OCC4CCN(C(=O)OC(C)(C)C)CC4)c3)cc2-c2ccnc3ccccc23)n1. The number of benzene rings is 2. The Labute approximate surface area is 289 Å². The summed E-state index contributed by atoms with van der Waals surface area (Å²) in [6.07, 6.45) is 4.45. The van der Waals surface area contributed by atoms with Gasteiger partial charge in [0.2, 0.25) is 5.91 Å². The number of carbonyl (C=O) groups excluding carboxylic acids is 3. The Bertz CT molecular complexity index is 2040. The van der Waals surface area contributed by atoms with Crippen molar-refractivity contribution >= 4 is 34.6 Å². The van der Waals surface area contributed by atoms with E-state index in [0.717, 1.165) is 39.9 Å². The molecule has 2 aromatic carbocycles. The van der Waals surface area contributed by atoms with Crippen LogP contribution in [0.3, 0.4) is 0 Å². The molecule has 0 unspecified atom stereocenters. The molecule has 5 aromatic rings. The number of fused-ring (bicyclic) bond motifs is 1. The summed E-state index contributed by atoms with van der Waals surface area (Å²) < 4.78 is 27.1. The molecule has 0 atom stereocenters. The van der Waals surface area contributed by atoms with Crippen LogP contribution in [-0.2, 0) is 20.8 Å². The van der Waals surface area contributed by atoms with Gasteiger partial charge in [-0.25, -0.2) is 14.0 Å². The van der Waals surface area contributed by atoms with Gasteiger partial charge < -0.3 is 19.7 Å². The van der Waals surface area contributed by atoms with Crippen molar-refractivity contribution < 1.29 is 28.2 Å². The average Bonchev–Trinajstić information content (AvgIpc) is 3.49. The van der Waals surface area contributed by atoms with Crippen molar-refractivity contribution in [3.05, 3.63) is 96.2 Å². The summed E-state index contributed by atoms with van der Waals surface area (Å²) in [5.74, 6) is -1.82. The summed E-state index contributed by atoms with van der Waals surface area (Å²) >= 11 is 0. The Morgan fingerprint density at radius 1 is 0.980 bits per heavy atom. The van der Waals surface area contributed by atoms with Crippen molar-refractivity contribution in [1.82, 2.24) is 24.6 Å². The number of nitrogens with zero attached hydrogens (tertiary/aromatic N) is 5. The highest BCUT2D eigenvalue weighted by Gasteiger charge is 2.28. The van der Waals surface area contributed by atoms with Gasteiger partial charge in [-0.2, -0.15) is 5.10 Å². The second-order valence-corrected chi connectivity index (χ2v) is 13.4. The third kappa shape index (κ3) is 8.31. The van der Waals surface area contributed by atoms with Crippen LogP contribution in [0.15, 0.2) is 79.1 Å². The number of halogens is 1. The maximum Gasteiger partial charge on any atom is 0.410 e. The van der Waals surface area contributed by atoms with Gasteiger partial charge in [-0.05, 0) is 94.5 Å². The van der Waals surface area contributed by atoms with Crippen LogP contribution in [0.4, 0.5) is 14.9 Å². The number of hydrogen-bond acceptors (Lipinski definition) is 8. The zero-order valence-corrected chi connectivity index (χ0v) is 28.5. The maximum absolute atomic E-state index is 14.7. The first-order valence-corrected chi connectivity index (χ1v) is 16.5. The lowest BCUT2D eigenvalue weighted by atomic mass is 9.98. The number of likely N-dealkylation sites (tertiary alicyclic amines) is 1. The van der Waals surface area contributed by atoms with Crippen molar-refractivity contribution in [2.75, 3.05) is 25.0 Å². The minimum atomic E-state index is -0.703. The van der Waals surface area contributed by atoms with E-state index in [9.17, 15) is 18.8 Å². The minimum Gasteiger partial charge on any atom is -0.462 e. The molecule has 1 fully saturated rings. The molecule has 3 aromatic heterocycles. The number of aryl methyl sites for hydroxylation is 1. The fraction of sp³-hybridized carbons (Fsp3) is 0.316. The van der Waals surface area contributed by atoms with Crippen LogP contribution in [0.25, 0.3) is 33.4 Å². The third-order valence-electron chi connectivity index (χ3n) is 8.27. The molecular weight excluding hydrogens is 639 g/mol. The summed E-state index contributed by atoms with van der Waals surface area (Å²) in [6.45, 7) is 8.30. The van der Waals surface area contributed by atoms with Crippen molar-refractivity contribution in [1.29, 1.82) is 0 Å². The molecule has 0 bridgehead atoms. The quantitative estimate of drug-likeness (QED) is 0.173. The molecule has 0 aliphatic carbocycles. The topological polar surface area (TPSA) is 129 Å². The fourth-order valence-electron chi connectivity index (χ4n) is 5.91. The smallest absolute Gasteiger partial charge is 0.410 e. The molecular formula is C38H39FN6O5. The zero-order chi connectivity index (χ0) is 35.4. The number of amides is 2. The molecule has 1 aliphatic rings. The number of pyridine rings is 2. The van der Waals surface area contributed by atoms with Crippen molar-refractivity contribution in [2.24, 2.45) is 5.92 Å². The molecule has 0 spiro atoms. The number of ether oxygens (including phenoxy) is 2. The van der Waals surface area contributed by atoms with Gasteiger partial charge >= 0.3 is 12.1 Å². The molecule has 258 valence electrons. The maximum atomic E-state index is 14.7. The Morgan fingerprint density at radius 3 is 2.52 bits per heavy atom. The molecule has 1 saturated heterocycles. The second-order valence-electron chi connectivity index (χ2n) is 13.4. The molecule has 11 nitrogen and oxygen atoms in total. The first kappa shape index (κ1) is 34.2. The van der Waals surface area contributed by atoms with E-state index in [1.165, 1.54) is 10.7 Å². The predicted molar refractivity (Wildman–Crippen MR) is 187 cm³/mol. The Morgan fingerprint density at radius 2 is 1.76 bits per heavy atom. The normalized spacial score (nSPS) is 13.7. The second kappa shape index (κ2) is 14.5. The minimum absolute atomic E-state index is 0.0229. The van der Waals surface area contributed by atoms with E-state index in [4.69, 9.17) is 14.6 Å². The van der Waals surface area contributed by atoms with Crippen LogP contribution < -0.4 is 5.32 Å². The van der Waals surface area contributed by atoms with Gasteiger partial charge in [0.15, 0.2) is 0 Å². The molecule has 4 heterocycles. The van der Waals surface area contributed by atoms with E-state index in [2.05, 4.69) is 15.3 Å². The predicted octanol–water partition coefficient (Wildman–Crippen LogP) is 7.05. The molecule has 2 amide bonds. The molecule has 0 saturated carbocycles. The van der Waals surface area contributed by atoms with E-state index < -0.39 is 23.3 Å². The summed E-state index contributed by atoms with van der Waals surface area (Å²) in [5, 5.41) is 8.36. The molecule has 6 rings (SSSR count). The Balaban J connectivity index is 1.12. The lowest BCUT2D eigenvalue weighted by Gasteiger charge is -2.33. The molecule has 50 heavy (non-hydrogen) atoms. The molecule has 1 N–H and O–H groups in total. The van der Waals surface area contributed by atoms with Gasteiger partial charge in [-0.1, -0.05) is 24.3 Å². The number of aromatic nitrogens is 4. The number of nitrogens with one attached hydrogen (secondary N) is 1. The summed E-state index contributed by atoms with van der Waals surface area (Å²) in [5.41, 5.74) is 4.08. The van der Waals surface area contributed by atoms with Gasteiger partial charge in [0.1, 0.15) is 23.7 Å². The number of anilines is 1. The van der Waals surface area contributed by atoms with Gasteiger partial charge in [-0.3, -0.25) is 19.4 Å². The number of rotatable bonds is 8. The third-order valence-corrected chi connectivity index (χ3v) is 8.27. The monoisotopic (exact) mass is 678 g/mol. The average molecular weight is 679 g/mol. The van der Waals surface area contributed by atoms with E-state index in [1.54, 1.807) is 17.3 Å². The standard InChI is InChI=1S/C38H39FN6O5/c1-24-8-7-11-33(41-24)35-31(29-12-15-40-32-10-6-5-9-30(29)32)21-45(43-35)22-34(46)42-28-19-26(18-27(39)20-28)36(47)49-23-25-13-16-44(17-14-25)37(48)50-38(2,3)4/h5-12,15,18-21,25H,13-14,16-17,22-23H2,1-4H3,(H,42,46). The van der Waals surface area contributed by atoms with Crippen LogP contribution in [0.1, 0.15) is 49.7 Å². The van der Waals surface area contributed by atoms with E-state index >= 15 is 0 Å². The zero-order valence-electron chi connectivity index (χ0n) is 28.5. The van der Waals surface area contributed by atoms with Gasteiger partial charge in [0.05, 0.1) is 23.4 Å². The van der Waals surface area contributed by atoms with Crippen LogP contribution in [-0.4, -0.2) is 67.9 Å². The highest BCUT2D eigenvalue weighted by atomic mass is 19.1. The van der Waals surface area contributed by atoms with E-state index in [0.29, 0.717) is 37.3 Å². The van der Waals surface area contributed by atoms with Crippen LogP contribution in [0.2, 0.25) is 0 Å². The first-order chi connectivity index (χ1) is 23.9. The highest BCUT2D eigenvalue weighted by molar-refractivity contribution is 5.98.